The second-order valence-corrected chi connectivity index (χ2v) is 9.79. The highest BCUT2D eigenvalue weighted by Crippen LogP contribution is 2.43. The molecule has 1 aliphatic rings. The molecule has 0 saturated carbocycles. The van der Waals surface area contributed by atoms with Gasteiger partial charge in [-0.1, -0.05) is 24.6 Å². The van der Waals surface area contributed by atoms with Crippen LogP contribution in [-0.4, -0.2) is 67.0 Å². The highest BCUT2D eigenvalue weighted by molar-refractivity contribution is 6.05. The van der Waals surface area contributed by atoms with E-state index in [1.165, 1.54) is 33.5 Å². The minimum Gasteiger partial charge on any atom is -0.505 e. The molecule has 1 heterocycles. The van der Waals surface area contributed by atoms with E-state index in [1.807, 2.05) is 6.92 Å². The zero-order valence-corrected chi connectivity index (χ0v) is 24.0. The average molecular weight is 561 g/mol. The molecule has 0 fully saturated rings. The molecule has 0 radical (unpaired) electrons. The third kappa shape index (κ3) is 8.10. The fraction of sp³-hybridized carbons (Fsp3) is 0.448. The Morgan fingerprint density at radius 2 is 1.77 bits per heavy atom. The Kier molecular flexibility index (Phi) is 11.8. The van der Waals surface area contributed by atoms with Gasteiger partial charge in [0.05, 0.1) is 30.6 Å². The number of nitrogens with one attached hydrogen (secondary N) is 1. The van der Waals surface area contributed by atoms with Crippen LogP contribution in [0.15, 0.2) is 46.8 Å². The number of benzene rings is 1. The molecule has 0 spiro atoms. The number of anilines is 1. The standard InChI is InChI=1S/C29H40N2O9/c1-15-11-19-25(34)20(14-21(32)27(19)39-7)31-28(35)16(2)9-8-10-22(37-5)26(40-29(30)36)18(4)13-17(3)24(33)23(12-15)38-6/h8-11,14,17,22-24,32-34H,12-13H2,1-7H3,(H2,30,36)(H,31,35)/b10-8-,15-11-,16-9+,26-18+/t17-,22+,23-,24+/m0/s1. The second-order valence-electron chi connectivity index (χ2n) is 9.79. The summed E-state index contributed by atoms with van der Waals surface area (Å²) in [6.45, 7) is 6.92. The maximum Gasteiger partial charge on any atom is 0.409 e. The number of carbonyl (C=O) groups is 2. The molecule has 40 heavy (non-hydrogen) atoms. The van der Waals surface area contributed by atoms with Crippen LogP contribution in [0.2, 0.25) is 0 Å². The smallest absolute Gasteiger partial charge is 0.409 e. The number of amides is 2. The fourth-order valence-corrected chi connectivity index (χ4v) is 4.51. The van der Waals surface area contributed by atoms with Gasteiger partial charge in [-0.05, 0) is 57.3 Å². The van der Waals surface area contributed by atoms with Crippen molar-refractivity contribution in [2.24, 2.45) is 11.7 Å². The number of nitrogens with two attached hydrogens (primary N) is 1. The number of primary amides is 1. The summed E-state index contributed by atoms with van der Waals surface area (Å²) in [6, 6.07) is 1.19. The fourth-order valence-electron chi connectivity index (χ4n) is 4.51. The number of allylic oxidation sites excluding steroid dienone is 3. The van der Waals surface area contributed by atoms with Gasteiger partial charge in [-0.2, -0.15) is 0 Å². The molecule has 1 aromatic rings. The largest absolute Gasteiger partial charge is 0.505 e. The van der Waals surface area contributed by atoms with Crippen molar-refractivity contribution in [1.29, 1.82) is 0 Å². The molecule has 0 unspecified atom stereocenters. The molecule has 2 bridgehead atoms. The summed E-state index contributed by atoms with van der Waals surface area (Å²) in [5, 5.41) is 35.3. The van der Waals surface area contributed by atoms with Gasteiger partial charge in [-0.15, -0.1) is 0 Å². The third-order valence-electron chi connectivity index (χ3n) is 6.66. The summed E-state index contributed by atoms with van der Waals surface area (Å²) in [6.07, 6.45) is 3.41. The van der Waals surface area contributed by atoms with Gasteiger partial charge in [0.1, 0.15) is 17.6 Å². The van der Waals surface area contributed by atoms with Gasteiger partial charge in [0, 0.05) is 25.9 Å². The highest BCUT2D eigenvalue weighted by Gasteiger charge is 2.28. The first kappa shape index (κ1) is 32.4. The van der Waals surface area contributed by atoms with Gasteiger partial charge in [0.2, 0.25) is 0 Å². The van der Waals surface area contributed by atoms with Crippen molar-refractivity contribution < 1.29 is 43.9 Å². The quantitative estimate of drug-likeness (QED) is 0.268. The molecule has 4 atom stereocenters. The topological polar surface area (TPSA) is 170 Å². The van der Waals surface area contributed by atoms with E-state index in [1.54, 1.807) is 39.0 Å². The molecule has 0 saturated heterocycles. The summed E-state index contributed by atoms with van der Waals surface area (Å²) >= 11 is 0. The number of methoxy groups -OCH3 is 3. The van der Waals surface area contributed by atoms with E-state index in [2.05, 4.69) is 5.32 Å². The minimum absolute atomic E-state index is 0.0205. The minimum atomic E-state index is -1.02. The average Bonchev–Trinajstić information content (AvgIpc) is 2.90. The van der Waals surface area contributed by atoms with Crippen LogP contribution in [-0.2, 0) is 19.0 Å². The van der Waals surface area contributed by atoms with E-state index in [0.717, 1.165) is 0 Å². The molecular weight excluding hydrogens is 520 g/mol. The summed E-state index contributed by atoms with van der Waals surface area (Å²) in [4.78, 5) is 24.6. The van der Waals surface area contributed by atoms with Crippen molar-refractivity contribution >= 4 is 23.8 Å². The lowest BCUT2D eigenvalue weighted by Crippen LogP contribution is -2.34. The molecular formula is C29H40N2O9. The lowest BCUT2D eigenvalue weighted by molar-refractivity contribution is -0.112. The molecule has 6 N–H and O–H groups in total. The predicted molar refractivity (Wildman–Crippen MR) is 151 cm³/mol. The Balaban J connectivity index is 2.71. The molecule has 0 aromatic heterocycles. The van der Waals surface area contributed by atoms with Crippen LogP contribution in [0.25, 0.3) is 6.08 Å². The molecule has 1 aromatic carbocycles. The molecule has 2 rings (SSSR count). The van der Waals surface area contributed by atoms with Crippen molar-refractivity contribution in [3.8, 4) is 17.2 Å². The van der Waals surface area contributed by atoms with E-state index in [4.69, 9.17) is 24.7 Å². The Hall–Kier alpha value is -3.80. The number of ether oxygens (including phenoxy) is 4. The van der Waals surface area contributed by atoms with Crippen LogP contribution in [0.5, 0.6) is 17.2 Å². The molecule has 1 aliphatic heterocycles. The van der Waals surface area contributed by atoms with E-state index in [0.29, 0.717) is 17.6 Å². The lowest BCUT2D eigenvalue weighted by Gasteiger charge is -2.28. The van der Waals surface area contributed by atoms with Gasteiger partial charge in [-0.3, -0.25) is 4.79 Å². The van der Waals surface area contributed by atoms with Crippen molar-refractivity contribution in [2.45, 2.75) is 58.8 Å². The number of phenols is 2. The number of aliphatic hydroxyl groups is 1. The summed E-state index contributed by atoms with van der Waals surface area (Å²) in [5.74, 6) is -1.28. The monoisotopic (exact) mass is 560 g/mol. The summed E-state index contributed by atoms with van der Waals surface area (Å²) in [5.41, 5.74) is 7.03. The van der Waals surface area contributed by atoms with E-state index in [-0.39, 0.29) is 52.2 Å². The molecule has 11 heteroatoms. The molecule has 220 valence electrons. The summed E-state index contributed by atoms with van der Waals surface area (Å²) < 4.78 is 21.7. The number of aromatic hydroxyl groups is 2. The lowest BCUT2D eigenvalue weighted by atomic mass is 9.89. The maximum absolute atomic E-state index is 12.9. The predicted octanol–water partition coefficient (Wildman–Crippen LogP) is 4.14. The van der Waals surface area contributed by atoms with Crippen LogP contribution in [0.1, 0.15) is 46.1 Å². The Morgan fingerprint density at radius 3 is 2.35 bits per heavy atom. The maximum atomic E-state index is 12.9. The second kappa shape index (κ2) is 14.5. The number of rotatable bonds is 4. The zero-order valence-electron chi connectivity index (χ0n) is 24.0. The SMILES string of the molecule is COc1c(O)cc2c(O)c1/C=C(/C)C[C@H](OC)[C@H](O)[C@@H](C)C/C(C)=C(/OC(N)=O)[C@H](OC)/C=C\C=C(/C)C(=O)N2. The first-order chi connectivity index (χ1) is 18.8. The first-order valence-electron chi connectivity index (χ1n) is 12.7. The molecule has 0 aliphatic carbocycles. The Labute approximate surface area is 234 Å². The third-order valence-corrected chi connectivity index (χ3v) is 6.66. The van der Waals surface area contributed by atoms with Crippen LogP contribution in [0.3, 0.4) is 0 Å². The number of fused-ring (bicyclic) bond motifs is 2. The van der Waals surface area contributed by atoms with Crippen LogP contribution in [0, 0.1) is 5.92 Å². The van der Waals surface area contributed by atoms with Gasteiger partial charge < -0.3 is 45.3 Å². The van der Waals surface area contributed by atoms with E-state index in [9.17, 15) is 24.9 Å². The van der Waals surface area contributed by atoms with Crippen molar-refractivity contribution in [3.63, 3.8) is 0 Å². The van der Waals surface area contributed by atoms with Gasteiger partial charge in [0.25, 0.3) is 5.91 Å². The van der Waals surface area contributed by atoms with E-state index < -0.39 is 30.3 Å². The van der Waals surface area contributed by atoms with Gasteiger partial charge in [-0.25, -0.2) is 4.79 Å². The van der Waals surface area contributed by atoms with Crippen LogP contribution >= 0.6 is 0 Å². The molecule has 11 nitrogen and oxygen atoms in total. The van der Waals surface area contributed by atoms with Gasteiger partial charge in [0.15, 0.2) is 11.5 Å². The number of hydrogen-bond acceptors (Lipinski definition) is 9. The van der Waals surface area contributed by atoms with Gasteiger partial charge >= 0.3 is 6.09 Å². The van der Waals surface area contributed by atoms with Crippen LogP contribution in [0.4, 0.5) is 10.5 Å². The normalized spacial score (nSPS) is 28.4. The van der Waals surface area contributed by atoms with E-state index >= 15 is 0 Å². The molecule has 2 amide bonds. The number of hydrogen-bond donors (Lipinski definition) is 5. The summed E-state index contributed by atoms with van der Waals surface area (Å²) in [7, 11) is 4.26. The van der Waals surface area contributed by atoms with Crippen LogP contribution < -0.4 is 15.8 Å². The van der Waals surface area contributed by atoms with Crippen molar-refractivity contribution in [3.05, 3.63) is 52.3 Å². The Morgan fingerprint density at radius 1 is 1.10 bits per heavy atom. The van der Waals surface area contributed by atoms with Crippen molar-refractivity contribution in [1.82, 2.24) is 0 Å². The van der Waals surface area contributed by atoms with Crippen molar-refractivity contribution in [2.75, 3.05) is 26.6 Å². The zero-order chi connectivity index (χ0) is 30.1. The number of phenolic OH excluding ortho intramolecular Hbond substituents is 2. The highest BCUT2D eigenvalue weighted by atomic mass is 16.6. The number of carbonyl (C=O) groups excluding carboxylic acids is 2. The number of aliphatic hydroxyl groups excluding tert-OH is 1. The first-order valence-corrected chi connectivity index (χ1v) is 12.7. The Bertz CT molecular complexity index is 1220.